The van der Waals surface area contributed by atoms with E-state index in [1.54, 1.807) is 28.9 Å². The van der Waals surface area contributed by atoms with Gasteiger partial charge in [-0.1, -0.05) is 39.1 Å². The standard InChI is InChI=1S/C12H11BrCl2N2O/c1-2-16-10(7-13)11(15)12(18)17(16)9-5-3-8(14)4-6-9/h3-6H,2,7H2,1H3. The van der Waals surface area contributed by atoms with Crippen LogP contribution < -0.4 is 5.56 Å². The van der Waals surface area contributed by atoms with E-state index in [-0.39, 0.29) is 10.6 Å². The van der Waals surface area contributed by atoms with Crippen molar-refractivity contribution < 1.29 is 0 Å². The van der Waals surface area contributed by atoms with Gasteiger partial charge in [-0.25, -0.2) is 4.68 Å². The van der Waals surface area contributed by atoms with Gasteiger partial charge in [0.1, 0.15) is 5.02 Å². The molecule has 96 valence electrons. The summed E-state index contributed by atoms with van der Waals surface area (Å²) < 4.78 is 3.41. The highest BCUT2D eigenvalue weighted by atomic mass is 79.9. The Morgan fingerprint density at radius 3 is 2.33 bits per heavy atom. The number of halogens is 3. The van der Waals surface area contributed by atoms with E-state index in [0.717, 1.165) is 11.4 Å². The monoisotopic (exact) mass is 348 g/mol. The Kier molecular flexibility index (Phi) is 4.20. The molecular weight excluding hydrogens is 339 g/mol. The molecule has 0 amide bonds. The zero-order chi connectivity index (χ0) is 13.3. The highest BCUT2D eigenvalue weighted by Gasteiger charge is 2.17. The highest BCUT2D eigenvalue weighted by Crippen LogP contribution is 2.19. The third-order valence-electron chi connectivity index (χ3n) is 2.68. The maximum atomic E-state index is 12.2. The molecule has 2 aromatic rings. The molecule has 0 unspecified atom stereocenters. The van der Waals surface area contributed by atoms with Crippen molar-refractivity contribution in [3.8, 4) is 5.69 Å². The molecule has 0 aliphatic heterocycles. The topological polar surface area (TPSA) is 26.9 Å². The molecule has 1 aromatic carbocycles. The summed E-state index contributed by atoms with van der Waals surface area (Å²) in [4.78, 5) is 12.2. The van der Waals surface area contributed by atoms with Gasteiger partial charge >= 0.3 is 0 Å². The lowest BCUT2D eigenvalue weighted by Gasteiger charge is -2.11. The largest absolute Gasteiger partial charge is 0.290 e. The van der Waals surface area contributed by atoms with Crippen LogP contribution in [0.15, 0.2) is 29.1 Å². The van der Waals surface area contributed by atoms with E-state index in [1.807, 2.05) is 11.6 Å². The third kappa shape index (κ3) is 2.25. The van der Waals surface area contributed by atoms with Crippen molar-refractivity contribution in [3.63, 3.8) is 0 Å². The number of hydrogen-bond donors (Lipinski definition) is 0. The first kappa shape index (κ1) is 13.7. The molecule has 0 fully saturated rings. The average molecular weight is 350 g/mol. The van der Waals surface area contributed by atoms with Crippen LogP contribution in [-0.4, -0.2) is 9.36 Å². The smallest absolute Gasteiger partial charge is 0.280 e. The number of nitrogens with zero attached hydrogens (tertiary/aromatic N) is 2. The van der Waals surface area contributed by atoms with Gasteiger partial charge in [-0.15, -0.1) is 0 Å². The maximum Gasteiger partial charge on any atom is 0.290 e. The second kappa shape index (κ2) is 5.51. The molecule has 0 bridgehead atoms. The van der Waals surface area contributed by atoms with Crippen molar-refractivity contribution in [1.29, 1.82) is 0 Å². The van der Waals surface area contributed by atoms with Crippen LogP contribution in [0.25, 0.3) is 5.69 Å². The third-order valence-corrected chi connectivity index (χ3v) is 3.85. The van der Waals surface area contributed by atoms with Crippen LogP contribution in [-0.2, 0) is 11.9 Å². The molecule has 3 nitrogen and oxygen atoms in total. The van der Waals surface area contributed by atoms with Gasteiger partial charge in [-0.3, -0.25) is 9.48 Å². The zero-order valence-electron chi connectivity index (χ0n) is 9.66. The number of alkyl halides is 1. The average Bonchev–Trinajstić information content (AvgIpc) is 2.62. The van der Waals surface area contributed by atoms with Gasteiger partial charge in [0, 0.05) is 16.9 Å². The summed E-state index contributed by atoms with van der Waals surface area (Å²) in [7, 11) is 0. The van der Waals surface area contributed by atoms with Crippen molar-refractivity contribution in [1.82, 2.24) is 9.36 Å². The first-order chi connectivity index (χ1) is 8.60. The minimum atomic E-state index is -0.213. The summed E-state index contributed by atoms with van der Waals surface area (Å²) >= 11 is 15.3. The minimum Gasteiger partial charge on any atom is -0.280 e. The molecule has 0 saturated heterocycles. The number of aromatic nitrogens is 2. The molecule has 0 spiro atoms. The van der Waals surface area contributed by atoms with Crippen LogP contribution in [0.1, 0.15) is 12.6 Å². The van der Waals surface area contributed by atoms with Gasteiger partial charge in [-0.2, -0.15) is 0 Å². The molecule has 0 aliphatic carbocycles. The highest BCUT2D eigenvalue weighted by molar-refractivity contribution is 9.08. The van der Waals surface area contributed by atoms with Crippen LogP contribution in [0.4, 0.5) is 0 Å². The summed E-state index contributed by atoms with van der Waals surface area (Å²) in [6.45, 7) is 2.62. The van der Waals surface area contributed by atoms with Gasteiger partial charge in [0.25, 0.3) is 5.56 Å². The van der Waals surface area contributed by atoms with Crippen LogP contribution in [0.3, 0.4) is 0 Å². The Morgan fingerprint density at radius 1 is 1.22 bits per heavy atom. The minimum absolute atomic E-state index is 0.213. The second-order valence-electron chi connectivity index (χ2n) is 3.70. The predicted octanol–water partition coefficient (Wildman–Crippen LogP) is 3.86. The van der Waals surface area contributed by atoms with E-state index in [1.165, 1.54) is 0 Å². The lowest BCUT2D eigenvalue weighted by Crippen LogP contribution is -2.21. The Balaban J connectivity index is 2.71. The van der Waals surface area contributed by atoms with Gasteiger partial charge < -0.3 is 0 Å². The molecule has 0 aliphatic rings. The molecule has 1 heterocycles. The van der Waals surface area contributed by atoms with Gasteiger partial charge in [-0.05, 0) is 31.2 Å². The fourth-order valence-electron chi connectivity index (χ4n) is 1.86. The van der Waals surface area contributed by atoms with E-state index in [4.69, 9.17) is 23.2 Å². The van der Waals surface area contributed by atoms with Crippen LogP contribution in [0.5, 0.6) is 0 Å². The van der Waals surface area contributed by atoms with Crippen LogP contribution in [0, 0.1) is 0 Å². The van der Waals surface area contributed by atoms with Gasteiger partial charge in [0.2, 0.25) is 0 Å². The molecule has 1 aromatic heterocycles. The molecule has 0 saturated carbocycles. The summed E-state index contributed by atoms with van der Waals surface area (Å²) in [6, 6.07) is 7.09. The summed E-state index contributed by atoms with van der Waals surface area (Å²) in [5, 5.41) is 1.42. The van der Waals surface area contributed by atoms with E-state index >= 15 is 0 Å². The Morgan fingerprint density at radius 2 is 1.83 bits per heavy atom. The SMILES string of the molecule is CCn1c(CBr)c(Cl)c(=O)n1-c1ccc(Cl)cc1. The van der Waals surface area contributed by atoms with Crippen LogP contribution in [0.2, 0.25) is 10.0 Å². The van der Waals surface area contributed by atoms with Crippen LogP contribution >= 0.6 is 39.1 Å². The van der Waals surface area contributed by atoms with Crippen molar-refractivity contribution in [2.75, 3.05) is 0 Å². The van der Waals surface area contributed by atoms with Crippen molar-refractivity contribution in [2.45, 2.75) is 18.8 Å². The predicted molar refractivity (Wildman–Crippen MR) is 78.4 cm³/mol. The van der Waals surface area contributed by atoms with E-state index in [9.17, 15) is 4.79 Å². The second-order valence-corrected chi connectivity index (χ2v) is 5.08. The fraction of sp³-hybridized carbons (Fsp3) is 0.250. The lowest BCUT2D eigenvalue weighted by molar-refractivity contribution is 0.558. The molecule has 2 rings (SSSR count). The quantitative estimate of drug-likeness (QED) is 0.773. The first-order valence-corrected chi connectivity index (χ1v) is 7.30. The molecular formula is C12H11BrCl2N2O. The van der Waals surface area contributed by atoms with E-state index in [0.29, 0.717) is 16.9 Å². The van der Waals surface area contributed by atoms with E-state index < -0.39 is 0 Å². The summed E-state index contributed by atoms with van der Waals surface area (Å²) in [5.41, 5.74) is 1.31. The molecule has 0 radical (unpaired) electrons. The Bertz CT molecular complexity index is 616. The summed E-state index contributed by atoms with van der Waals surface area (Å²) in [5.74, 6) is 0. The molecule has 18 heavy (non-hydrogen) atoms. The number of benzene rings is 1. The Hall–Kier alpha value is -0.710. The van der Waals surface area contributed by atoms with Crippen molar-refractivity contribution in [3.05, 3.63) is 50.4 Å². The van der Waals surface area contributed by atoms with Gasteiger partial charge in [0.05, 0.1) is 11.4 Å². The zero-order valence-corrected chi connectivity index (χ0v) is 12.8. The van der Waals surface area contributed by atoms with Gasteiger partial charge in [0.15, 0.2) is 0 Å². The van der Waals surface area contributed by atoms with Crippen molar-refractivity contribution >= 4 is 39.1 Å². The lowest BCUT2D eigenvalue weighted by atomic mass is 10.3. The molecule has 0 atom stereocenters. The maximum absolute atomic E-state index is 12.2. The fourth-order valence-corrected chi connectivity index (χ4v) is 2.96. The van der Waals surface area contributed by atoms with E-state index in [2.05, 4.69) is 15.9 Å². The first-order valence-electron chi connectivity index (χ1n) is 5.42. The Labute approximate surface area is 123 Å². The summed E-state index contributed by atoms with van der Waals surface area (Å²) in [6.07, 6.45) is 0. The van der Waals surface area contributed by atoms with Crippen molar-refractivity contribution in [2.24, 2.45) is 0 Å². The number of rotatable bonds is 3. The number of hydrogen-bond acceptors (Lipinski definition) is 1. The molecule has 0 N–H and O–H groups in total. The normalized spacial score (nSPS) is 10.9. The molecule has 6 heteroatoms.